The highest BCUT2D eigenvalue weighted by Crippen LogP contribution is 2.10. The first-order chi connectivity index (χ1) is 8.40. The lowest BCUT2D eigenvalue weighted by molar-refractivity contribution is -0.147. The van der Waals surface area contributed by atoms with Gasteiger partial charge in [0, 0.05) is 19.6 Å². The van der Waals surface area contributed by atoms with Crippen LogP contribution in [-0.2, 0) is 14.3 Å². The normalized spacial score (nSPS) is 27.2. The van der Waals surface area contributed by atoms with Crippen LogP contribution >= 0.6 is 0 Å². The van der Waals surface area contributed by atoms with E-state index in [0.29, 0.717) is 6.61 Å². The molecule has 0 aromatic carbocycles. The summed E-state index contributed by atoms with van der Waals surface area (Å²) in [5, 5.41) is 0. The second kappa shape index (κ2) is 7.07. The summed E-state index contributed by atoms with van der Waals surface area (Å²) in [6.45, 7) is 10.9. The van der Waals surface area contributed by atoms with E-state index >= 15 is 0 Å². The second-order valence-electron chi connectivity index (χ2n) is 5.45. The van der Waals surface area contributed by atoms with E-state index in [2.05, 4.69) is 18.7 Å². The molecule has 1 heterocycles. The van der Waals surface area contributed by atoms with Crippen LogP contribution < -0.4 is 5.73 Å². The molecular weight excluding hydrogens is 232 g/mol. The van der Waals surface area contributed by atoms with Crippen LogP contribution in [0.5, 0.6) is 0 Å². The molecule has 2 N–H and O–H groups in total. The highest BCUT2D eigenvalue weighted by atomic mass is 16.5. The molecule has 0 aromatic rings. The predicted octanol–water partition coefficient (Wildman–Crippen LogP) is 0.622. The molecule has 1 aliphatic heterocycles. The van der Waals surface area contributed by atoms with Crippen molar-refractivity contribution in [3.05, 3.63) is 0 Å². The van der Waals surface area contributed by atoms with Crippen molar-refractivity contribution < 1.29 is 14.3 Å². The maximum absolute atomic E-state index is 11.6. The fourth-order valence-corrected chi connectivity index (χ4v) is 2.11. The molecule has 0 radical (unpaired) electrons. The molecule has 1 saturated heterocycles. The first-order valence-corrected chi connectivity index (χ1v) is 6.70. The molecule has 1 aliphatic rings. The summed E-state index contributed by atoms with van der Waals surface area (Å²) in [7, 11) is 0. The van der Waals surface area contributed by atoms with Crippen molar-refractivity contribution in [2.75, 3.05) is 26.2 Å². The Morgan fingerprint density at radius 1 is 1.39 bits per heavy atom. The van der Waals surface area contributed by atoms with Crippen molar-refractivity contribution in [1.29, 1.82) is 0 Å². The molecule has 0 aromatic heterocycles. The minimum Gasteiger partial charge on any atom is -0.463 e. The van der Waals surface area contributed by atoms with E-state index in [1.54, 1.807) is 0 Å². The summed E-state index contributed by atoms with van der Waals surface area (Å²) in [4.78, 5) is 13.8. The Bertz CT molecular complexity index is 261. The summed E-state index contributed by atoms with van der Waals surface area (Å²) in [6, 6.07) is -0.521. The smallest absolute Gasteiger partial charge is 0.323 e. The molecule has 106 valence electrons. The molecule has 0 saturated carbocycles. The van der Waals surface area contributed by atoms with E-state index in [9.17, 15) is 4.79 Å². The van der Waals surface area contributed by atoms with Gasteiger partial charge in [0.05, 0.1) is 12.2 Å². The van der Waals surface area contributed by atoms with Gasteiger partial charge in [0.25, 0.3) is 0 Å². The molecule has 18 heavy (non-hydrogen) atoms. The topological polar surface area (TPSA) is 64.8 Å². The summed E-state index contributed by atoms with van der Waals surface area (Å²) >= 11 is 0. The van der Waals surface area contributed by atoms with Gasteiger partial charge in [-0.3, -0.25) is 9.69 Å². The minimum atomic E-state index is -0.521. The van der Waals surface area contributed by atoms with Crippen LogP contribution in [0, 0.1) is 5.92 Å². The number of hydrogen-bond acceptors (Lipinski definition) is 5. The summed E-state index contributed by atoms with van der Waals surface area (Å²) < 4.78 is 10.8. The number of hydrogen-bond donors (Lipinski definition) is 1. The largest absolute Gasteiger partial charge is 0.463 e. The molecule has 2 unspecified atom stereocenters. The number of nitrogens with zero attached hydrogens (tertiary/aromatic N) is 1. The monoisotopic (exact) mass is 258 g/mol. The Morgan fingerprint density at radius 2 is 1.94 bits per heavy atom. The van der Waals surface area contributed by atoms with Gasteiger partial charge in [-0.25, -0.2) is 0 Å². The molecule has 0 bridgehead atoms. The molecule has 5 nitrogen and oxygen atoms in total. The van der Waals surface area contributed by atoms with Crippen molar-refractivity contribution in [3.8, 4) is 0 Å². The van der Waals surface area contributed by atoms with Crippen LogP contribution in [-0.4, -0.2) is 55.4 Å². The number of morpholine rings is 1. The van der Waals surface area contributed by atoms with Crippen LogP contribution in [0.2, 0.25) is 0 Å². The summed E-state index contributed by atoms with van der Waals surface area (Å²) in [5.74, 6) is -0.194. The average Bonchev–Trinajstić information content (AvgIpc) is 2.26. The lowest BCUT2D eigenvalue weighted by Gasteiger charge is -2.35. The second-order valence-corrected chi connectivity index (χ2v) is 5.45. The van der Waals surface area contributed by atoms with Crippen molar-refractivity contribution in [3.63, 3.8) is 0 Å². The van der Waals surface area contributed by atoms with Gasteiger partial charge in [-0.05, 0) is 19.8 Å². The van der Waals surface area contributed by atoms with Crippen molar-refractivity contribution in [1.82, 2.24) is 4.90 Å². The van der Waals surface area contributed by atoms with Crippen molar-refractivity contribution in [2.45, 2.75) is 45.9 Å². The number of carbonyl (C=O) groups is 1. The number of nitrogens with two attached hydrogens (primary N) is 1. The minimum absolute atomic E-state index is 0.112. The zero-order valence-corrected chi connectivity index (χ0v) is 11.9. The molecule has 5 heteroatoms. The van der Waals surface area contributed by atoms with Gasteiger partial charge in [-0.15, -0.1) is 0 Å². The van der Waals surface area contributed by atoms with E-state index in [-0.39, 0.29) is 24.1 Å². The first kappa shape index (κ1) is 15.4. The third-order valence-corrected chi connectivity index (χ3v) is 3.14. The Kier molecular flexibility index (Phi) is 6.05. The van der Waals surface area contributed by atoms with Gasteiger partial charge < -0.3 is 15.2 Å². The van der Waals surface area contributed by atoms with E-state index in [0.717, 1.165) is 19.6 Å². The Balaban J connectivity index is 2.23. The average molecular weight is 258 g/mol. The molecule has 0 spiro atoms. The quantitative estimate of drug-likeness (QED) is 0.732. The van der Waals surface area contributed by atoms with Gasteiger partial charge in [-0.1, -0.05) is 13.8 Å². The number of carbonyl (C=O) groups excluding carboxylic acids is 1. The third-order valence-electron chi connectivity index (χ3n) is 3.14. The Labute approximate surface area is 110 Å². The fourth-order valence-electron chi connectivity index (χ4n) is 2.11. The van der Waals surface area contributed by atoms with Crippen LogP contribution in [0.1, 0.15) is 27.7 Å². The Morgan fingerprint density at radius 3 is 2.44 bits per heavy atom. The summed E-state index contributed by atoms with van der Waals surface area (Å²) in [6.07, 6.45) is 0.477. The SMILES string of the molecule is CC1CN(CCOC(=O)[C@@H](N)C(C)C)CC(C)O1. The van der Waals surface area contributed by atoms with Crippen LogP contribution in [0.3, 0.4) is 0 Å². The van der Waals surface area contributed by atoms with Gasteiger partial charge in [0.15, 0.2) is 0 Å². The Hall–Kier alpha value is -0.650. The molecular formula is C13H26N2O3. The van der Waals surface area contributed by atoms with E-state index < -0.39 is 6.04 Å². The van der Waals surface area contributed by atoms with Gasteiger partial charge in [0.1, 0.15) is 12.6 Å². The maximum atomic E-state index is 11.6. The highest BCUT2D eigenvalue weighted by Gasteiger charge is 2.23. The zero-order chi connectivity index (χ0) is 13.7. The first-order valence-electron chi connectivity index (χ1n) is 6.70. The lowest BCUT2D eigenvalue weighted by Crippen LogP contribution is -2.47. The summed E-state index contributed by atoms with van der Waals surface area (Å²) in [5.41, 5.74) is 5.72. The highest BCUT2D eigenvalue weighted by molar-refractivity contribution is 5.75. The fraction of sp³-hybridized carbons (Fsp3) is 0.923. The number of esters is 1. The molecule has 3 atom stereocenters. The van der Waals surface area contributed by atoms with Gasteiger partial charge in [0.2, 0.25) is 0 Å². The standard InChI is InChI=1S/C13H26N2O3/c1-9(2)12(14)13(16)17-6-5-15-7-10(3)18-11(4)8-15/h9-12H,5-8,14H2,1-4H3/t10?,11?,12-/m0/s1. The van der Waals surface area contributed by atoms with Gasteiger partial charge >= 0.3 is 5.97 Å². The van der Waals surface area contributed by atoms with Crippen molar-refractivity contribution >= 4 is 5.97 Å². The predicted molar refractivity (Wildman–Crippen MR) is 70.2 cm³/mol. The van der Waals surface area contributed by atoms with E-state index in [1.165, 1.54) is 0 Å². The van der Waals surface area contributed by atoms with Crippen LogP contribution in [0.4, 0.5) is 0 Å². The van der Waals surface area contributed by atoms with Crippen LogP contribution in [0.25, 0.3) is 0 Å². The van der Waals surface area contributed by atoms with E-state index in [4.69, 9.17) is 15.2 Å². The third kappa shape index (κ3) is 4.92. The number of rotatable bonds is 5. The molecule has 1 rings (SSSR count). The zero-order valence-electron chi connectivity index (χ0n) is 11.9. The van der Waals surface area contributed by atoms with Crippen molar-refractivity contribution in [2.24, 2.45) is 11.7 Å². The van der Waals surface area contributed by atoms with Crippen LogP contribution in [0.15, 0.2) is 0 Å². The molecule has 0 amide bonds. The van der Waals surface area contributed by atoms with E-state index in [1.807, 2.05) is 13.8 Å². The number of ether oxygens (including phenoxy) is 2. The lowest BCUT2D eigenvalue weighted by atomic mass is 10.1. The van der Waals surface area contributed by atoms with Gasteiger partial charge in [-0.2, -0.15) is 0 Å². The molecule has 1 fully saturated rings. The maximum Gasteiger partial charge on any atom is 0.323 e. The molecule has 0 aliphatic carbocycles.